The average Bonchev–Trinajstić information content (AvgIpc) is 2.84. The molecule has 200 valence electrons. The molecule has 9 N–H and O–H groups in total. The molecule has 0 radical (unpaired) electrons. The van der Waals surface area contributed by atoms with Gasteiger partial charge in [0.2, 0.25) is 17.7 Å². The van der Waals surface area contributed by atoms with E-state index in [9.17, 15) is 34.5 Å². The van der Waals surface area contributed by atoms with Gasteiger partial charge in [-0.05, 0) is 55.7 Å². The normalized spacial score (nSPS) is 14.9. The highest BCUT2D eigenvalue weighted by atomic mass is 16.4. The lowest BCUT2D eigenvalue weighted by molar-refractivity contribution is -0.142. The van der Waals surface area contributed by atoms with Gasteiger partial charge in [0, 0.05) is 6.42 Å². The number of phenols is 2. The van der Waals surface area contributed by atoms with Crippen LogP contribution in [0.2, 0.25) is 0 Å². The maximum absolute atomic E-state index is 13.0. The number of carbonyl (C=O) groups is 4. The Morgan fingerprint density at radius 1 is 0.757 bits per heavy atom. The van der Waals surface area contributed by atoms with Crippen LogP contribution >= 0.6 is 0 Å². The van der Waals surface area contributed by atoms with Crippen LogP contribution in [0.25, 0.3) is 0 Å². The molecule has 2 rings (SSSR count). The maximum atomic E-state index is 13.0. The highest BCUT2D eigenvalue weighted by molar-refractivity contribution is 5.94. The number of carbonyl (C=O) groups excluding carboxylic acids is 3. The minimum Gasteiger partial charge on any atom is -0.508 e. The molecule has 0 spiro atoms. The number of aliphatic hydroxyl groups excluding tert-OH is 1. The second-order valence-corrected chi connectivity index (χ2v) is 8.70. The van der Waals surface area contributed by atoms with Crippen molar-refractivity contribution in [2.75, 3.05) is 0 Å². The number of amides is 3. The summed E-state index contributed by atoms with van der Waals surface area (Å²) in [6.07, 6.45) is -1.33. The van der Waals surface area contributed by atoms with Crippen molar-refractivity contribution in [1.82, 2.24) is 16.0 Å². The van der Waals surface area contributed by atoms with Crippen LogP contribution in [0.4, 0.5) is 0 Å². The molecule has 2 aromatic rings. The Morgan fingerprint density at radius 3 is 1.70 bits per heavy atom. The van der Waals surface area contributed by atoms with E-state index in [0.717, 1.165) is 0 Å². The second kappa shape index (κ2) is 13.2. The van der Waals surface area contributed by atoms with Crippen molar-refractivity contribution in [2.45, 2.75) is 57.0 Å². The smallest absolute Gasteiger partial charge is 0.325 e. The molecule has 0 saturated heterocycles. The van der Waals surface area contributed by atoms with Crippen LogP contribution in [-0.4, -0.2) is 74.4 Å². The van der Waals surface area contributed by atoms with Crippen molar-refractivity contribution in [2.24, 2.45) is 5.73 Å². The number of carboxylic acids is 1. The number of nitrogens with two attached hydrogens (primary N) is 1. The zero-order valence-electron chi connectivity index (χ0n) is 20.4. The molecule has 12 heteroatoms. The number of phenolic OH excluding ortho intramolecular Hbond substituents is 2. The topological polar surface area (TPSA) is 211 Å². The van der Waals surface area contributed by atoms with E-state index in [4.69, 9.17) is 10.8 Å². The van der Waals surface area contributed by atoms with Gasteiger partial charge in [0.1, 0.15) is 29.6 Å². The van der Waals surface area contributed by atoms with Crippen molar-refractivity contribution in [1.29, 1.82) is 0 Å². The molecule has 0 aromatic heterocycles. The maximum Gasteiger partial charge on any atom is 0.325 e. The first-order valence-corrected chi connectivity index (χ1v) is 11.5. The zero-order valence-corrected chi connectivity index (χ0v) is 20.4. The van der Waals surface area contributed by atoms with Gasteiger partial charge in [-0.1, -0.05) is 24.3 Å². The molecule has 0 fully saturated rings. The highest BCUT2D eigenvalue weighted by Crippen LogP contribution is 2.13. The van der Waals surface area contributed by atoms with Crippen LogP contribution in [-0.2, 0) is 32.0 Å². The first-order valence-electron chi connectivity index (χ1n) is 11.5. The molecule has 12 nitrogen and oxygen atoms in total. The molecule has 0 heterocycles. The summed E-state index contributed by atoms with van der Waals surface area (Å²) in [6.45, 7) is 2.53. The van der Waals surface area contributed by atoms with Gasteiger partial charge < -0.3 is 42.1 Å². The Morgan fingerprint density at radius 2 is 1.24 bits per heavy atom. The predicted octanol–water partition coefficient (Wildman–Crippen LogP) is -0.850. The zero-order chi connectivity index (χ0) is 27.7. The van der Waals surface area contributed by atoms with Gasteiger partial charge in [-0.25, -0.2) is 0 Å². The average molecular weight is 517 g/mol. The van der Waals surface area contributed by atoms with E-state index in [1.807, 2.05) is 0 Å². The summed E-state index contributed by atoms with van der Waals surface area (Å²) in [5.41, 5.74) is 7.17. The summed E-state index contributed by atoms with van der Waals surface area (Å²) in [4.78, 5) is 49.6. The van der Waals surface area contributed by atoms with E-state index in [0.29, 0.717) is 11.1 Å². The first-order chi connectivity index (χ1) is 17.4. The van der Waals surface area contributed by atoms with Crippen LogP contribution in [0.3, 0.4) is 0 Å². The summed E-state index contributed by atoms with van der Waals surface area (Å²) in [7, 11) is 0. The molecule has 2 aromatic carbocycles. The Kier molecular flexibility index (Phi) is 10.4. The number of rotatable bonds is 12. The number of hydrogen-bond donors (Lipinski definition) is 8. The third kappa shape index (κ3) is 9.09. The molecule has 0 aliphatic heterocycles. The van der Waals surface area contributed by atoms with Gasteiger partial charge in [0.05, 0.1) is 12.1 Å². The summed E-state index contributed by atoms with van der Waals surface area (Å²) >= 11 is 0. The lowest BCUT2D eigenvalue weighted by Gasteiger charge is -2.26. The first kappa shape index (κ1) is 29.1. The van der Waals surface area contributed by atoms with Crippen LogP contribution in [0.1, 0.15) is 25.0 Å². The number of aliphatic carboxylic acids is 1. The summed E-state index contributed by atoms with van der Waals surface area (Å²) in [6, 6.07) is 6.85. The Balaban J connectivity index is 2.14. The SMILES string of the molecule is CC(NC(=O)C(Cc1ccc(O)cc1)NC(=O)C(NC(=O)C(N)Cc1ccc(O)cc1)C(C)O)C(=O)O. The fourth-order valence-corrected chi connectivity index (χ4v) is 3.36. The van der Waals surface area contributed by atoms with E-state index in [1.54, 1.807) is 12.1 Å². The fraction of sp³-hybridized carbons (Fsp3) is 0.360. The molecule has 37 heavy (non-hydrogen) atoms. The third-order valence-electron chi connectivity index (χ3n) is 5.53. The van der Waals surface area contributed by atoms with Crippen molar-refractivity contribution < 1.29 is 39.6 Å². The van der Waals surface area contributed by atoms with Gasteiger partial charge in [-0.3, -0.25) is 19.2 Å². The van der Waals surface area contributed by atoms with E-state index >= 15 is 0 Å². The summed E-state index contributed by atoms with van der Waals surface area (Å²) in [5.74, 6) is -3.64. The predicted molar refractivity (Wildman–Crippen MR) is 132 cm³/mol. The minimum absolute atomic E-state index is 0.00573. The van der Waals surface area contributed by atoms with Gasteiger partial charge in [0.25, 0.3) is 0 Å². The number of hydrogen-bond acceptors (Lipinski definition) is 8. The van der Waals surface area contributed by atoms with Gasteiger partial charge in [-0.2, -0.15) is 0 Å². The molecular weight excluding hydrogens is 484 g/mol. The third-order valence-corrected chi connectivity index (χ3v) is 5.53. The molecule has 5 atom stereocenters. The largest absolute Gasteiger partial charge is 0.508 e. The van der Waals surface area contributed by atoms with E-state index < -0.39 is 54.0 Å². The molecule has 0 bridgehead atoms. The number of aromatic hydroxyl groups is 2. The van der Waals surface area contributed by atoms with Crippen molar-refractivity contribution in [3.63, 3.8) is 0 Å². The number of carboxylic acid groups (broad SMARTS) is 1. The van der Waals surface area contributed by atoms with Crippen LogP contribution in [0, 0.1) is 0 Å². The quantitative estimate of drug-likeness (QED) is 0.176. The fourth-order valence-electron chi connectivity index (χ4n) is 3.36. The van der Waals surface area contributed by atoms with Gasteiger partial charge >= 0.3 is 5.97 Å². The number of nitrogens with one attached hydrogen (secondary N) is 3. The Bertz CT molecular complexity index is 1090. The van der Waals surface area contributed by atoms with Crippen LogP contribution in [0.5, 0.6) is 11.5 Å². The van der Waals surface area contributed by atoms with Crippen molar-refractivity contribution in [3.05, 3.63) is 59.7 Å². The lowest BCUT2D eigenvalue weighted by atomic mass is 10.0. The molecule has 3 amide bonds. The summed E-state index contributed by atoms with van der Waals surface area (Å²) in [5, 5.41) is 45.3. The Labute approximate surface area is 213 Å². The van der Waals surface area contributed by atoms with E-state index in [1.165, 1.54) is 50.2 Å². The molecular formula is C25H32N4O8. The van der Waals surface area contributed by atoms with E-state index in [2.05, 4.69) is 16.0 Å². The monoisotopic (exact) mass is 516 g/mol. The second-order valence-electron chi connectivity index (χ2n) is 8.70. The van der Waals surface area contributed by atoms with E-state index in [-0.39, 0.29) is 24.3 Å². The minimum atomic E-state index is -1.47. The Hall–Kier alpha value is -4.16. The highest BCUT2D eigenvalue weighted by Gasteiger charge is 2.32. The van der Waals surface area contributed by atoms with Crippen LogP contribution in [0.15, 0.2) is 48.5 Å². The number of benzene rings is 2. The molecule has 0 aliphatic rings. The standard InChI is InChI=1S/C25H32N4O8/c1-13(25(36)37)27-23(34)20(12-16-5-9-18(32)10-6-16)28-24(35)21(14(2)30)29-22(33)19(26)11-15-3-7-17(31)8-4-15/h3-10,13-14,19-21,30-32H,11-12,26H2,1-2H3,(H,27,34)(H,28,35)(H,29,33)(H,36,37). The molecule has 0 aliphatic carbocycles. The molecule has 5 unspecified atom stereocenters. The van der Waals surface area contributed by atoms with Gasteiger partial charge in [0.15, 0.2) is 0 Å². The van der Waals surface area contributed by atoms with Crippen molar-refractivity contribution in [3.8, 4) is 11.5 Å². The number of aliphatic hydroxyl groups is 1. The molecule has 0 saturated carbocycles. The van der Waals surface area contributed by atoms with Gasteiger partial charge in [-0.15, -0.1) is 0 Å². The van der Waals surface area contributed by atoms with Crippen molar-refractivity contribution >= 4 is 23.7 Å². The van der Waals surface area contributed by atoms with Crippen LogP contribution < -0.4 is 21.7 Å². The lowest BCUT2D eigenvalue weighted by Crippen LogP contribution is -2.60. The summed E-state index contributed by atoms with van der Waals surface area (Å²) < 4.78 is 0.